The maximum Gasteiger partial charge on any atom is 0.0542 e. The lowest BCUT2D eigenvalue weighted by Gasteiger charge is -2.30. The number of rotatable bonds is 14. The van der Waals surface area contributed by atoms with Gasteiger partial charge in [0.2, 0.25) is 0 Å². The molecule has 2 aromatic heterocycles. The van der Waals surface area contributed by atoms with Crippen LogP contribution in [-0.2, 0) is 0 Å². The lowest BCUT2D eigenvalue weighted by molar-refractivity contribution is 1.18. The monoisotopic (exact) mass is 1250 g/mol. The van der Waals surface area contributed by atoms with Crippen molar-refractivity contribution in [3.63, 3.8) is 0 Å². The van der Waals surface area contributed by atoms with Crippen molar-refractivity contribution in [3.8, 4) is 78.1 Å². The number of para-hydroxylation sites is 1. The largest absolute Gasteiger partial charge is 0.310 e. The third-order valence-electron chi connectivity index (χ3n) is 19.5. The number of benzene rings is 16. The van der Waals surface area contributed by atoms with Crippen molar-refractivity contribution in [3.05, 3.63) is 388 Å². The molecule has 2 heterocycles. The summed E-state index contributed by atoms with van der Waals surface area (Å²) in [5.74, 6) is 0. The fourth-order valence-electron chi connectivity index (χ4n) is 14.7. The van der Waals surface area contributed by atoms with Crippen LogP contribution in [0.4, 0.5) is 34.1 Å². The number of fused-ring (bicyclic) bond motifs is 7. The number of hydrogen-bond acceptors (Lipinski definition) is 2. The van der Waals surface area contributed by atoms with E-state index in [4.69, 9.17) is 0 Å². The Labute approximate surface area is 570 Å². The molecule has 98 heavy (non-hydrogen) atoms. The highest BCUT2D eigenvalue weighted by Crippen LogP contribution is 2.47. The summed E-state index contributed by atoms with van der Waals surface area (Å²) in [4.78, 5) is 4.88. The van der Waals surface area contributed by atoms with Gasteiger partial charge in [-0.3, -0.25) is 0 Å². The van der Waals surface area contributed by atoms with Crippen molar-refractivity contribution in [2.75, 3.05) is 9.80 Å². The minimum atomic E-state index is 1.03. The van der Waals surface area contributed by atoms with E-state index in [2.05, 4.69) is 407 Å². The van der Waals surface area contributed by atoms with Crippen LogP contribution in [0.5, 0.6) is 0 Å². The van der Waals surface area contributed by atoms with Crippen LogP contribution in [0.2, 0.25) is 0 Å². The summed E-state index contributed by atoms with van der Waals surface area (Å²) in [5, 5.41) is 7.00. The van der Waals surface area contributed by atoms with Crippen molar-refractivity contribution in [2.24, 2.45) is 0 Å². The van der Waals surface area contributed by atoms with Crippen molar-refractivity contribution in [1.29, 1.82) is 0 Å². The lowest BCUT2D eigenvalue weighted by atomic mass is 9.99. The normalized spacial score (nSPS) is 11.5. The van der Waals surface area contributed by atoms with E-state index in [0.29, 0.717) is 0 Å². The van der Waals surface area contributed by atoms with Gasteiger partial charge < -0.3 is 18.9 Å². The summed E-state index contributed by atoms with van der Waals surface area (Å²) in [5.41, 5.74) is 27.3. The highest BCUT2D eigenvalue weighted by atomic mass is 15.2. The van der Waals surface area contributed by atoms with Gasteiger partial charge in [0.15, 0.2) is 0 Å². The topological polar surface area (TPSA) is 16.3 Å². The Bertz CT molecular complexity index is 5920. The molecule has 4 heteroatoms. The number of nitrogens with zero attached hydrogens (tertiary/aromatic N) is 4. The van der Waals surface area contributed by atoms with Gasteiger partial charge in [0.25, 0.3) is 0 Å². The van der Waals surface area contributed by atoms with E-state index in [1.807, 2.05) is 0 Å². The quantitative estimate of drug-likeness (QED) is 0.108. The zero-order chi connectivity index (χ0) is 64.9. The van der Waals surface area contributed by atoms with E-state index in [1.165, 1.54) is 71.8 Å². The zero-order valence-electron chi connectivity index (χ0n) is 53.7. The smallest absolute Gasteiger partial charge is 0.0542 e. The predicted octanol–water partition coefficient (Wildman–Crippen LogP) is 26.0. The van der Waals surface area contributed by atoms with Crippen molar-refractivity contribution < 1.29 is 0 Å². The Balaban J connectivity index is 0.800. The van der Waals surface area contributed by atoms with Crippen molar-refractivity contribution >= 4 is 88.5 Å². The van der Waals surface area contributed by atoms with E-state index in [-0.39, 0.29) is 0 Å². The molecular formula is C94H64N4. The fraction of sp³-hybridized carbons (Fsp3) is 0. The molecule has 460 valence electrons. The van der Waals surface area contributed by atoms with Gasteiger partial charge in [-0.2, -0.15) is 0 Å². The van der Waals surface area contributed by atoms with Gasteiger partial charge >= 0.3 is 0 Å². The maximum atomic E-state index is 2.46. The Morgan fingerprint density at radius 1 is 0.163 bits per heavy atom. The minimum absolute atomic E-state index is 1.03. The van der Waals surface area contributed by atoms with Crippen LogP contribution in [-0.4, -0.2) is 9.13 Å². The maximum absolute atomic E-state index is 2.46. The first-order valence-electron chi connectivity index (χ1n) is 33.6. The summed E-state index contributed by atoms with van der Waals surface area (Å²) >= 11 is 0. The Morgan fingerprint density at radius 3 is 0.888 bits per heavy atom. The zero-order valence-corrected chi connectivity index (χ0v) is 53.7. The van der Waals surface area contributed by atoms with E-state index in [9.17, 15) is 0 Å². The molecule has 0 aliphatic heterocycles. The number of hydrogen-bond donors (Lipinski definition) is 0. The van der Waals surface area contributed by atoms with Crippen LogP contribution in [0.15, 0.2) is 388 Å². The molecule has 18 rings (SSSR count). The standard InChI is InChI=1S/C94H64N4/c1-6-20-65(21-7-1)69-36-40-73(41-37-69)76-48-56-91-86(60-76)88-63-83(54-58-93(88)97(91)79-50-44-71(45-51-79)67-24-10-3-11-25-67)95(78-30-14-5-15-31-78)81-32-19-33-82(62-81)96(90-35-18-29-75-28-16-17-34-85(75)90)84-55-59-94-89(64-84)87-61-77(74-42-38-70(39-43-74)66-22-8-2-9-23-66)49-57-92(87)98(94)80-52-46-72(47-53-80)68-26-12-4-13-27-68/h1-64H. The molecule has 0 saturated carbocycles. The molecule has 0 fully saturated rings. The lowest BCUT2D eigenvalue weighted by Crippen LogP contribution is -2.13. The van der Waals surface area contributed by atoms with Crippen molar-refractivity contribution in [1.82, 2.24) is 9.13 Å². The second-order valence-corrected chi connectivity index (χ2v) is 25.3. The van der Waals surface area contributed by atoms with E-state index < -0.39 is 0 Å². The molecule has 0 aliphatic rings. The molecule has 0 saturated heterocycles. The summed E-state index contributed by atoms with van der Waals surface area (Å²) in [6.07, 6.45) is 0. The first kappa shape index (κ1) is 57.6. The molecule has 18 aromatic rings. The second-order valence-electron chi connectivity index (χ2n) is 25.3. The average molecular weight is 1250 g/mol. The molecule has 0 amide bonds. The molecule has 0 aliphatic carbocycles. The van der Waals surface area contributed by atoms with Gasteiger partial charge in [-0.15, -0.1) is 0 Å². The Kier molecular flexibility index (Phi) is 14.5. The Morgan fingerprint density at radius 2 is 0.449 bits per heavy atom. The summed E-state index contributed by atoms with van der Waals surface area (Å²) in [6.45, 7) is 0. The number of anilines is 6. The first-order valence-corrected chi connectivity index (χ1v) is 33.6. The van der Waals surface area contributed by atoms with Crippen LogP contribution in [0.1, 0.15) is 0 Å². The molecule has 4 nitrogen and oxygen atoms in total. The van der Waals surface area contributed by atoms with Gasteiger partial charge in [0.05, 0.1) is 27.8 Å². The molecular weight excluding hydrogens is 1190 g/mol. The Hall–Kier alpha value is -13.0. The van der Waals surface area contributed by atoms with Crippen LogP contribution in [0.3, 0.4) is 0 Å². The molecule has 0 bridgehead atoms. The molecule has 0 N–H and O–H groups in total. The van der Waals surface area contributed by atoms with Crippen LogP contribution >= 0.6 is 0 Å². The van der Waals surface area contributed by atoms with Gasteiger partial charge in [-0.1, -0.05) is 267 Å². The third kappa shape index (κ3) is 10.5. The molecule has 0 spiro atoms. The molecule has 16 aromatic carbocycles. The molecule has 0 radical (unpaired) electrons. The predicted molar refractivity (Wildman–Crippen MR) is 415 cm³/mol. The fourth-order valence-corrected chi connectivity index (χ4v) is 14.7. The summed E-state index contributed by atoms with van der Waals surface area (Å²) < 4.78 is 4.87. The summed E-state index contributed by atoms with van der Waals surface area (Å²) in [7, 11) is 0. The van der Waals surface area contributed by atoms with Crippen molar-refractivity contribution in [2.45, 2.75) is 0 Å². The number of aromatic nitrogens is 2. The van der Waals surface area contributed by atoms with Crippen LogP contribution in [0, 0.1) is 0 Å². The molecule has 0 unspecified atom stereocenters. The highest BCUT2D eigenvalue weighted by molar-refractivity contribution is 6.14. The average Bonchev–Trinajstić information content (AvgIpc) is 1.61. The van der Waals surface area contributed by atoms with Crippen LogP contribution < -0.4 is 9.80 Å². The SMILES string of the molecule is c1ccc(-c2ccc(-c3ccc4c(c3)c3cc(N(c5ccccc5)c5cccc(N(c6ccc7c(c6)c6cc(-c8ccc(-c9ccccc9)cc8)ccc6n7-c6ccc(-c7ccccc7)cc6)c6cccc7ccccc67)c5)ccc3n4-c3ccc(-c4ccccc4)cc3)cc2)cc1. The van der Waals surface area contributed by atoms with Gasteiger partial charge in [-0.25, -0.2) is 0 Å². The molecule has 0 atom stereocenters. The van der Waals surface area contributed by atoms with E-state index in [0.717, 1.165) is 94.9 Å². The van der Waals surface area contributed by atoms with Crippen LogP contribution in [0.25, 0.3) is 133 Å². The second kappa shape index (κ2) is 24.7. The van der Waals surface area contributed by atoms with E-state index in [1.54, 1.807) is 0 Å². The minimum Gasteiger partial charge on any atom is -0.310 e. The first-order chi connectivity index (χ1) is 48.6. The van der Waals surface area contributed by atoms with Gasteiger partial charge in [0, 0.05) is 66.7 Å². The third-order valence-corrected chi connectivity index (χ3v) is 19.5. The summed E-state index contributed by atoms with van der Waals surface area (Å²) in [6, 6.07) is 142. The van der Waals surface area contributed by atoms with Gasteiger partial charge in [-0.05, 0) is 193 Å². The van der Waals surface area contributed by atoms with Gasteiger partial charge in [0.1, 0.15) is 0 Å². The highest BCUT2D eigenvalue weighted by Gasteiger charge is 2.24. The van der Waals surface area contributed by atoms with E-state index >= 15 is 0 Å².